The summed E-state index contributed by atoms with van der Waals surface area (Å²) in [5.41, 5.74) is 6.33. The fourth-order valence-corrected chi connectivity index (χ4v) is 3.74. The maximum absolute atomic E-state index is 12.6. The number of hydrogen-bond donors (Lipinski definition) is 8. The predicted molar refractivity (Wildman–Crippen MR) is 145 cm³/mol. The van der Waals surface area contributed by atoms with E-state index in [1.165, 1.54) is 18.3 Å². The van der Waals surface area contributed by atoms with Crippen molar-refractivity contribution in [3.05, 3.63) is 52.1 Å². The van der Waals surface area contributed by atoms with Crippen molar-refractivity contribution >= 4 is 52.5 Å². The third-order valence-corrected chi connectivity index (χ3v) is 5.96. The molecule has 3 rings (SSSR count). The average molecular weight is 585 g/mol. The Bertz CT molecular complexity index is 1530. The lowest BCUT2D eigenvalue weighted by Crippen LogP contribution is -2.41. The third kappa shape index (κ3) is 8.70. The number of nitrogens with zero attached hydrogens (tertiary/aromatic N) is 3. The molecule has 0 aliphatic rings. The number of aliphatic carboxylic acids is 3. The Labute approximate surface area is 236 Å². The molecule has 0 aliphatic carbocycles. The minimum Gasteiger partial charge on any atom is -0.481 e. The van der Waals surface area contributed by atoms with Crippen LogP contribution < -0.4 is 27.2 Å². The van der Waals surface area contributed by atoms with Gasteiger partial charge in [-0.25, -0.2) is 14.8 Å². The highest BCUT2D eigenvalue weighted by Crippen LogP contribution is 2.12. The molecule has 1 atom stereocenters. The number of H-pyrrole nitrogens is 1. The standard InChI is InChI=1S/C25H28N8O9/c26-25-32-19-18(21(36)33-25)30-14(11-29-19)10-28-13-5-3-12(4-6-13)20(35)31-16(24(41)42)7-8-17(34)27-9-1-2-15(22(37)38)23(39)40/h3-6,11,15-16,28H,1-2,7-10H2,(H,27,34)(H,31,35)(H,37,38)(H,39,40)(H,41,42)(H3,26,29,32,33,36). The molecule has 9 N–H and O–H groups in total. The van der Waals surface area contributed by atoms with Crippen LogP contribution in [-0.2, 0) is 25.7 Å². The lowest BCUT2D eigenvalue weighted by atomic mass is 10.0. The monoisotopic (exact) mass is 584 g/mol. The summed E-state index contributed by atoms with van der Waals surface area (Å²) in [6.45, 7) is 0.208. The fourth-order valence-electron chi connectivity index (χ4n) is 3.74. The van der Waals surface area contributed by atoms with E-state index in [9.17, 15) is 33.9 Å². The first-order valence-corrected chi connectivity index (χ1v) is 12.6. The van der Waals surface area contributed by atoms with Crippen LogP contribution in [0.25, 0.3) is 11.2 Å². The minimum atomic E-state index is -1.58. The Morgan fingerprint density at radius 1 is 0.952 bits per heavy atom. The molecule has 0 aliphatic heterocycles. The van der Waals surface area contributed by atoms with Gasteiger partial charge in [-0.15, -0.1) is 0 Å². The Hall–Kier alpha value is -5.61. The number of nitrogens with two attached hydrogens (primary N) is 1. The van der Waals surface area contributed by atoms with E-state index in [0.717, 1.165) is 0 Å². The molecule has 42 heavy (non-hydrogen) atoms. The van der Waals surface area contributed by atoms with E-state index >= 15 is 0 Å². The maximum atomic E-state index is 12.6. The van der Waals surface area contributed by atoms with Crippen molar-refractivity contribution in [2.45, 2.75) is 38.3 Å². The molecular formula is C25H28N8O9. The number of nitrogen functional groups attached to an aromatic ring is 1. The van der Waals surface area contributed by atoms with Crippen molar-refractivity contribution in [2.24, 2.45) is 5.92 Å². The highest BCUT2D eigenvalue weighted by atomic mass is 16.4. The Kier molecular flexibility index (Phi) is 10.4. The zero-order valence-electron chi connectivity index (χ0n) is 22.0. The number of amides is 2. The predicted octanol–water partition coefficient (Wildman–Crippen LogP) is -0.448. The summed E-state index contributed by atoms with van der Waals surface area (Å²) in [4.78, 5) is 84.6. The van der Waals surface area contributed by atoms with E-state index in [2.05, 4.69) is 35.9 Å². The van der Waals surface area contributed by atoms with Gasteiger partial charge in [0.25, 0.3) is 11.5 Å². The van der Waals surface area contributed by atoms with Crippen molar-refractivity contribution in [3.63, 3.8) is 0 Å². The molecule has 0 bridgehead atoms. The van der Waals surface area contributed by atoms with Crippen molar-refractivity contribution < 1.29 is 39.3 Å². The van der Waals surface area contributed by atoms with Gasteiger partial charge in [-0.2, -0.15) is 4.98 Å². The summed E-state index contributed by atoms with van der Waals surface area (Å²) >= 11 is 0. The molecule has 0 spiro atoms. The highest BCUT2D eigenvalue weighted by molar-refractivity contribution is 5.97. The van der Waals surface area contributed by atoms with Crippen LogP contribution in [0.1, 0.15) is 41.7 Å². The molecule has 1 aromatic carbocycles. The molecule has 222 valence electrons. The number of carboxylic acids is 3. The Morgan fingerprint density at radius 2 is 1.64 bits per heavy atom. The molecule has 0 saturated carbocycles. The second-order valence-corrected chi connectivity index (χ2v) is 9.04. The second-order valence-electron chi connectivity index (χ2n) is 9.04. The number of hydrogen-bond acceptors (Lipinski definition) is 11. The van der Waals surface area contributed by atoms with Gasteiger partial charge in [0.2, 0.25) is 11.9 Å². The molecule has 0 fully saturated rings. The molecule has 2 heterocycles. The number of fused-ring (bicyclic) bond motifs is 1. The van der Waals surface area contributed by atoms with Crippen LogP contribution in [0, 0.1) is 5.92 Å². The van der Waals surface area contributed by atoms with Crippen molar-refractivity contribution in [1.82, 2.24) is 30.6 Å². The summed E-state index contributed by atoms with van der Waals surface area (Å²) in [6.07, 6.45) is 0.899. The largest absolute Gasteiger partial charge is 0.481 e. The van der Waals surface area contributed by atoms with E-state index in [1.54, 1.807) is 12.1 Å². The zero-order valence-corrected chi connectivity index (χ0v) is 22.0. The number of nitrogens with one attached hydrogen (secondary N) is 4. The summed E-state index contributed by atoms with van der Waals surface area (Å²) in [5.74, 6) is -7.14. The first-order chi connectivity index (χ1) is 19.9. The number of carbonyl (C=O) groups excluding carboxylic acids is 2. The molecule has 2 aromatic heterocycles. The lowest BCUT2D eigenvalue weighted by Gasteiger charge is -2.15. The second kappa shape index (κ2) is 14.1. The van der Waals surface area contributed by atoms with Crippen LogP contribution >= 0.6 is 0 Å². The molecule has 0 saturated heterocycles. The molecular weight excluding hydrogens is 556 g/mol. The van der Waals surface area contributed by atoms with E-state index in [0.29, 0.717) is 11.4 Å². The summed E-state index contributed by atoms with van der Waals surface area (Å²) in [6, 6.07) is 4.74. The van der Waals surface area contributed by atoms with Crippen LogP contribution in [0.15, 0.2) is 35.3 Å². The minimum absolute atomic E-state index is 0.0123. The van der Waals surface area contributed by atoms with Gasteiger partial charge >= 0.3 is 17.9 Å². The Balaban J connectivity index is 1.47. The first-order valence-electron chi connectivity index (χ1n) is 12.6. The number of aromatic nitrogens is 4. The van der Waals surface area contributed by atoms with Gasteiger partial charge in [-0.1, -0.05) is 0 Å². The van der Waals surface area contributed by atoms with Crippen LogP contribution in [0.5, 0.6) is 0 Å². The SMILES string of the molecule is Nc1nc2ncc(CNc3ccc(C(=O)NC(CCC(=O)NCCCC(C(=O)O)C(=O)O)C(=O)O)cc3)nc2c(=O)[nH]1. The van der Waals surface area contributed by atoms with Crippen LogP contribution in [-0.4, -0.2) is 77.6 Å². The highest BCUT2D eigenvalue weighted by Gasteiger charge is 2.25. The number of benzene rings is 1. The number of aromatic amines is 1. The van der Waals surface area contributed by atoms with Crippen LogP contribution in [0.4, 0.5) is 11.6 Å². The van der Waals surface area contributed by atoms with Gasteiger partial charge in [0.05, 0.1) is 18.4 Å². The summed E-state index contributed by atoms with van der Waals surface area (Å²) < 4.78 is 0. The average Bonchev–Trinajstić information content (AvgIpc) is 2.93. The molecule has 0 radical (unpaired) electrons. The molecule has 2 amide bonds. The number of anilines is 2. The number of rotatable bonds is 15. The smallest absolute Gasteiger partial charge is 0.326 e. The van der Waals surface area contributed by atoms with Crippen molar-refractivity contribution in [3.8, 4) is 0 Å². The van der Waals surface area contributed by atoms with Gasteiger partial charge < -0.3 is 37.0 Å². The number of carboxylic acid groups (broad SMARTS) is 3. The molecule has 1 unspecified atom stereocenters. The van der Waals surface area contributed by atoms with Gasteiger partial charge in [0, 0.05) is 24.2 Å². The topological polar surface area (TPSA) is 280 Å². The van der Waals surface area contributed by atoms with E-state index in [-0.39, 0.29) is 61.4 Å². The number of carbonyl (C=O) groups is 5. The van der Waals surface area contributed by atoms with Crippen LogP contribution in [0.2, 0.25) is 0 Å². The van der Waals surface area contributed by atoms with E-state index in [1.807, 2.05) is 0 Å². The van der Waals surface area contributed by atoms with E-state index in [4.69, 9.17) is 15.9 Å². The van der Waals surface area contributed by atoms with Gasteiger partial charge in [-0.3, -0.25) is 29.0 Å². The first kappa shape index (κ1) is 30.9. The van der Waals surface area contributed by atoms with Gasteiger partial charge in [-0.05, 0) is 43.5 Å². The van der Waals surface area contributed by atoms with Crippen LogP contribution in [0.3, 0.4) is 0 Å². The molecule has 17 nitrogen and oxygen atoms in total. The Morgan fingerprint density at radius 3 is 2.29 bits per heavy atom. The molecule has 3 aromatic rings. The van der Waals surface area contributed by atoms with E-state index < -0.39 is 47.2 Å². The third-order valence-electron chi connectivity index (χ3n) is 5.96. The quantitative estimate of drug-likeness (QED) is 0.0830. The summed E-state index contributed by atoms with van der Waals surface area (Å²) in [5, 5.41) is 35.1. The van der Waals surface area contributed by atoms with Gasteiger partial charge in [0.1, 0.15) is 6.04 Å². The zero-order chi connectivity index (χ0) is 30.8. The summed E-state index contributed by atoms with van der Waals surface area (Å²) in [7, 11) is 0. The normalized spacial score (nSPS) is 11.5. The van der Waals surface area contributed by atoms with Gasteiger partial charge in [0.15, 0.2) is 17.1 Å². The van der Waals surface area contributed by atoms with Crippen molar-refractivity contribution in [1.29, 1.82) is 0 Å². The fraction of sp³-hybridized carbons (Fsp3) is 0.320. The lowest BCUT2D eigenvalue weighted by molar-refractivity contribution is -0.154. The molecule has 17 heteroatoms. The van der Waals surface area contributed by atoms with Crippen molar-refractivity contribution in [2.75, 3.05) is 17.6 Å². The maximum Gasteiger partial charge on any atom is 0.326 e.